The molecule has 0 bridgehead atoms. The number of thiazole rings is 1. The molecule has 1 saturated heterocycles. The molecule has 0 saturated carbocycles. The Morgan fingerprint density at radius 3 is 2.68 bits per heavy atom. The van der Waals surface area contributed by atoms with Crippen LogP contribution in [0.4, 0.5) is 4.79 Å². The van der Waals surface area contributed by atoms with Crippen molar-refractivity contribution >= 4 is 44.8 Å². The highest BCUT2D eigenvalue weighted by atomic mass is 32.1. The molecule has 8 heteroatoms. The third-order valence-electron chi connectivity index (χ3n) is 5.09. The first-order valence-corrected chi connectivity index (χ1v) is 11.0. The van der Waals surface area contributed by atoms with Gasteiger partial charge in [0.25, 0.3) is 0 Å². The Kier molecular flexibility index (Phi) is 5.59. The summed E-state index contributed by atoms with van der Waals surface area (Å²) < 4.78 is 1.22. The van der Waals surface area contributed by atoms with Gasteiger partial charge in [-0.1, -0.05) is 18.2 Å². The number of hydrogen-bond acceptors (Lipinski definition) is 5. The van der Waals surface area contributed by atoms with Gasteiger partial charge in [-0.25, -0.2) is 9.78 Å². The summed E-state index contributed by atoms with van der Waals surface area (Å²) in [6.45, 7) is 1.43. The molecule has 1 fully saturated rings. The minimum Gasteiger partial charge on any atom is -0.352 e. The van der Waals surface area contributed by atoms with Crippen LogP contribution in [0.5, 0.6) is 0 Å². The molecule has 0 radical (unpaired) electrons. The SMILES string of the molecule is NC(=O)NC(CC(=O)N1CCC(c2nc3ccccc3s2)CC1)c1cccs1. The minimum absolute atomic E-state index is 0.0508. The fourth-order valence-electron chi connectivity index (χ4n) is 3.63. The van der Waals surface area contributed by atoms with Gasteiger partial charge in [-0.15, -0.1) is 22.7 Å². The number of rotatable bonds is 5. The number of benzene rings is 1. The maximum atomic E-state index is 12.8. The molecule has 3 N–H and O–H groups in total. The van der Waals surface area contributed by atoms with Crippen LogP contribution in [0.25, 0.3) is 10.2 Å². The van der Waals surface area contributed by atoms with E-state index in [0.717, 1.165) is 23.2 Å². The van der Waals surface area contributed by atoms with E-state index in [0.29, 0.717) is 19.0 Å². The van der Waals surface area contributed by atoms with Gasteiger partial charge >= 0.3 is 6.03 Å². The predicted molar refractivity (Wildman–Crippen MR) is 113 cm³/mol. The van der Waals surface area contributed by atoms with Crippen molar-refractivity contribution in [1.82, 2.24) is 15.2 Å². The van der Waals surface area contributed by atoms with Crippen LogP contribution in [0.3, 0.4) is 0 Å². The van der Waals surface area contributed by atoms with E-state index >= 15 is 0 Å². The fourth-order valence-corrected chi connectivity index (χ4v) is 5.54. The number of primary amides is 1. The van der Waals surface area contributed by atoms with Crippen molar-refractivity contribution < 1.29 is 9.59 Å². The van der Waals surface area contributed by atoms with Gasteiger partial charge in [-0.2, -0.15) is 0 Å². The summed E-state index contributed by atoms with van der Waals surface area (Å²) in [6, 6.07) is 11.0. The molecule has 6 nitrogen and oxygen atoms in total. The lowest BCUT2D eigenvalue weighted by molar-refractivity contribution is -0.132. The normalized spacial score (nSPS) is 16.2. The van der Waals surface area contributed by atoms with Crippen molar-refractivity contribution in [1.29, 1.82) is 0 Å². The van der Waals surface area contributed by atoms with E-state index in [2.05, 4.69) is 11.4 Å². The van der Waals surface area contributed by atoms with Crippen LogP contribution in [0.2, 0.25) is 0 Å². The molecule has 3 aromatic rings. The minimum atomic E-state index is -0.610. The van der Waals surface area contributed by atoms with E-state index in [9.17, 15) is 9.59 Å². The monoisotopic (exact) mass is 414 g/mol. The number of nitrogens with zero attached hydrogens (tertiary/aromatic N) is 2. The molecule has 0 aliphatic carbocycles. The summed E-state index contributed by atoms with van der Waals surface area (Å²) >= 11 is 3.27. The molecule has 3 amide bonds. The van der Waals surface area contributed by atoms with Crippen molar-refractivity contribution in [3.05, 3.63) is 51.7 Å². The Morgan fingerprint density at radius 2 is 2.00 bits per heavy atom. The highest BCUT2D eigenvalue weighted by molar-refractivity contribution is 7.18. The zero-order valence-corrected chi connectivity index (χ0v) is 17.0. The molecule has 1 atom stereocenters. The molecule has 1 aromatic carbocycles. The van der Waals surface area contributed by atoms with Crippen molar-refractivity contribution in [2.24, 2.45) is 5.73 Å². The lowest BCUT2D eigenvalue weighted by Gasteiger charge is -2.32. The third kappa shape index (κ3) is 4.18. The Bertz CT molecular complexity index is 929. The van der Waals surface area contributed by atoms with Crippen LogP contribution in [0, 0.1) is 0 Å². The van der Waals surface area contributed by atoms with Gasteiger partial charge in [0.1, 0.15) is 0 Å². The molecule has 1 unspecified atom stereocenters. The number of carbonyl (C=O) groups excluding carboxylic acids is 2. The summed E-state index contributed by atoms with van der Waals surface area (Å²) in [7, 11) is 0. The number of piperidine rings is 1. The summed E-state index contributed by atoms with van der Waals surface area (Å²) in [4.78, 5) is 31.7. The van der Waals surface area contributed by atoms with Gasteiger partial charge in [0.2, 0.25) is 5.91 Å². The van der Waals surface area contributed by atoms with Gasteiger partial charge in [-0.3, -0.25) is 4.79 Å². The molecular weight excluding hydrogens is 392 g/mol. The van der Waals surface area contributed by atoms with Crippen LogP contribution >= 0.6 is 22.7 Å². The highest BCUT2D eigenvalue weighted by Crippen LogP contribution is 2.34. The standard InChI is InChI=1S/C20H22N4O2S2/c21-20(26)23-15(16-6-3-11-27-16)12-18(25)24-9-7-13(8-10-24)19-22-14-4-1-2-5-17(14)28-19/h1-6,11,13,15H,7-10,12H2,(H3,21,23,26). The Labute approximate surface area is 171 Å². The second-order valence-electron chi connectivity index (χ2n) is 6.96. The number of hydrogen-bond donors (Lipinski definition) is 2. The summed E-state index contributed by atoms with van der Waals surface area (Å²) in [5.41, 5.74) is 6.35. The van der Waals surface area contributed by atoms with Crippen molar-refractivity contribution in [3.8, 4) is 0 Å². The third-order valence-corrected chi connectivity index (χ3v) is 7.27. The first-order chi connectivity index (χ1) is 13.6. The smallest absolute Gasteiger partial charge is 0.312 e. The van der Waals surface area contributed by atoms with Gasteiger partial charge in [-0.05, 0) is 36.4 Å². The van der Waals surface area contributed by atoms with Crippen molar-refractivity contribution in [3.63, 3.8) is 0 Å². The first kappa shape index (κ1) is 18.9. The van der Waals surface area contributed by atoms with E-state index in [4.69, 9.17) is 10.7 Å². The number of aromatic nitrogens is 1. The lowest BCUT2D eigenvalue weighted by atomic mass is 9.97. The first-order valence-electron chi connectivity index (χ1n) is 9.33. The summed E-state index contributed by atoms with van der Waals surface area (Å²) in [5, 5.41) is 5.79. The Hall–Kier alpha value is -2.45. The lowest BCUT2D eigenvalue weighted by Crippen LogP contribution is -2.41. The average molecular weight is 415 g/mol. The number of para-hydroxylation sites is 1. The molecule has 1 aliphatic rings. The van der Waals surface area contributed by atoms with E-state index < -0.39 is 6.03 Å². The molecule has 0 spiro atoms. The quantitative estimate of drug-likeness (QED) is 0.664. The van der Waals surface area contributed by atoms with Crippen molar-refractivity contribution in [2.45, 2.75) is 31.2 Å². The number of urea groups is 1. The maximum Gasteiger partial charge on any atom is 0.312 e. The molecular formula is C20H22N4O2S2. The van der Waals surface area contributed by atoms with Crippen LogP contribution in [-0.4, -0.2) is 34.9 Å². The van der Waals surface area contributed by atoms with Crippen LogP contribution < -0.4 is 11.1 Å². The van der Waals surface area contributed by atoms with Gasteiger partial charge in [0.15, 0.2) is 0 Å². The summed E-state index contributed by atoms with van der Waals surface area (Å²) in [6.07, 6.45) is 2.06. The second kappa shape index (κ2) is 8.28. The number of nitrogens with one attached hydrogen (secondary N) is 1. The number of amides is 3. The average Bonchev–Trinajstić information content (AvgIpc) is 3.37. The topological polar surface area (TPSA) is 88.3 Å². The van der Waals surface area contributed by atoms with Gasteiger partial charge in [0, 0.05) is 23.9 Å². The maximum absolute atomic E-state index is 12.8. The van der Waals surface area contributed by atoms with E-state index in [1.807, 2.05) is 40.6 Å². The van der Waals surface area contributed by atoms with E-state index in [-0.39, 0.29) is 18.4 Å². The highest BCUT2D eigenvalue weighted by Gasteiger charge is 2.28. The largest absolute Gasteiger partial charge is 0.352 e. The number of thiophene rings is 1. The predicted octanol–water partition coefficient (Wildman–Crippen LogP) is 3.86. The molecule has 4 rings (SSSR count). The molecule has 146 valence electrons. The molecule has 28 heavy (non-hydrogen) atoms. The zero-order chi connectivity index (χ0) is 19.5. The molecule has 1 aliphatic heterocycles. The summed E-state index contributed by atoms with van der Waals surface area (Å²) in [5.74, 6) is 0.452. The Balaban J connectivity index is 1.37. The number of likely N-dealkylation sites (tertiary alicyclic amines) is 1. The van der Waals surface area contributed by atoms with Gasteiger partial charge in [0.05, 0.1) is 27.7 Å². The van der Waals surface area contributed by atoms with Gasteiger partial charge < -0.3 is 16.0 Å². The number of carbonyl (C=O) groups is 2. The number of fused-ring (bicyclic) bond motifs is 1. The second-order valence-corrected chi connectivity index (χ2v) is 9.00. The molecule has 3 heterocycles. The van der Waals surface area contributed by atoms with Crippen molar-refractivity contribution in [2.75, 3.05) is 13.1 Å². The van der Waals surface area contributed by atoms with Crippen LogP contribution in [0.15, 0.2) is 41.8 Å². The number of nitrogens with two attached hydrogens (primary N) is 1. The Morgan fingerprint density at radius 1 is 1.21 bits per heavy atom. The zero-order valence-electron chi connectivity index (χ0n) is 15.3. The van der Waals surface area contributed by atoms with Crippen LogP contribution in [-0.2, 0) is 4.79 Å². The fraction of sp³-hybridized carbons (Fsp3) is 0.350. The van der Waals surface area contributed by atoms with E-state index in [1.165, 1.54) is 21.0 Å². The van der Waals surface area contributed by atoms with Crippen LogP contribution in [0.1, 0.15) is 41.1 Å². The van der Waals surface area contributed by atoms with E-state index in [1.54, 1.807) is 11.3 Å². The molecule has 2 aromatic heterocycles.